The van der Waals surface area contributed by atoms with Crippen molar-refractivity contribution in [1.29, 1.82) is 0 Å². The molecule has 0 unspecified atom stereocenters. The van der Waals surface area contributed by atoms with E-state index in [0.29, 0.717) is 0 Å². The van der Waals surface area contributed by atoms with Crippen LogP contribution in [0.25, 0.3) is 21.5 Å². The number of unbranched alkanes of at least 4 members (excludes halogenated alkanes) is 1. The van der Waals surface area contributed by atoms with Gasteiger partial charge in [-0.2, -0.15) is 0 Å². The average molecular weight is 703 g/mol. The zero-order valence-corrected chi connectivity index (χ0v) is 32.3. The van der Waals surface area contributed by atoms with Crippen molar-refractivity contribution in [3.63, 3.8) is 0 Å². The lowest BCUT2D eigenvalue weighted by Gasteiger charge is -2.50. The van der Waals surface area contributed by atoms with Gasteiger partial charge in [0.1, 0.15) is 7.59 Å². The van der Waals surface area contributed by atoms with Crippen LogP contribution in [0, 0.1) is 13.8 Å². The molecule has 8 aromatic rings. The van der Waals surface area contributed by atoms with Gasteiger partial charge in [-0.15, -0.1) is 0 Å². The fraction of sp³-hybridized carbons (Fsp3) is 0.120. The lowest BCUT2D eigenvalue weighted by Crippen LogP contribution is -2.90. The van der Waals surface area contributed by atoms with Gasteiger partial charge in [-0.1, -0.05) is 227 Å². The first-order chi connectivity index (χ1) is 25.6. The lowest BCUT2D eigenvalue weighted by molar-refractivity contribution is 0.792. The van der Waals surface area contributed by atoms with Gasteiger partial charge in [0.25, 0.3) is 0 Å². The maximum atomic E-state index is 2.54. The Kier molecular flexibility index (Phi) is 9.60. The Labute approximate surface area is 311 Å². The van der Waals surface area contributed by atoms with Crippen molar-refractivity contribution >= 4 is 62.7 Å². The van der Waals surface area contributed by atoms with Crippen LogP contribution in [0.4, 0.5) is 0 Å². The molecule has 0 aliphatic heterocycles. The normalized spacial score (nSPS) is 12.0. The highest BCUT2D eigenvalue weighted by molar-refractivity contribution is 7.64. The van der Waals surface area contributed by atoms with Gasteiger partial charge < -0.3 is 0 Å². The quantitative estimate of drug-likeness (QED) is 0.0716. The summed E-state index contributed by atoms with van der Waals surface area (Å²) in [6.07, 6.45) is 3.37. The first-order valence-corrected chi connectivity index (χ1v) is 24.0. The minimum absolute atomic E-state index is 1.08. The van der Waals surface area contributed by atoms with Crippen molar-refractivity contribution in [2.45, 2.75) is 39.2 Å². The molecule has 0 aliphatic carbocycles. The fourth-order valence-electron chi connectivity index (χ4n) is 9.31. The van der Waals surface area contributed by atoms with Crippen LogP contribution in [0.15, 0.2) is 194 Å². The van der Waals surface area contributed by atoms with Gasteiger partial charge in [0.15, 0.2) is 7.59 Å². The van der Waals surface area contributed by atoms with E-state index >= 15 is 0 Å². The summed E-state index contributed by atoms with van der Waals surface area (Å²) >= 11 is 0. The molecule has 0 radical (unpaired) electrons. The fourth-order valence-corrected chi connectivity index (χ4v) is 29.7. The van der Waals surface area contributed by atoms with Crippen LogP contribution < -0.4 is 25.9 Å². The highest BCUT2D eigenvalue weighted by Crippen LogP contribution is 2.31. The number of benzene rings is 8. The second-order valence-electron chi connectivity index (χ2n) is 14.4. The highest BCUT2D eigenvalue weighted by Gasteiger charge is 2.60. The summed E-state index contributed by atoms with van der Waals surface area (Å²) in [5, 5.41) is 13.1. The first-order valence-electron chi connectivity index (χ1n) is 18.8. The van der Waals surface area contributed by atoms with Gasteiger partial charge in [-0.3, -0.25) is 0 Å². The maximum absolute atomic E-state index is 2.91. The average Bonchev–Trinajstić information content (AvgIpc) is 3.22. The molecule has 0 saturated heterocycles. The lowest BCUT2D eigenvalue weighted by atomic mass is 9.97. The van der Waals surface area contributed by atoms with E-state index in [0.717, 1.165) is 25.3 Å². The summed E-state index contributed by atoms with van der Waals surface area (Å²) in [4.78, 5) is 0. The van der Waals surface area contributed by atoms with Crippen molar-refractivity contribution in [3.05, 3.63) is 211 Å². The molecule has 0 heterocycles. The molecule has 0 atom stereocenters. The minimum Gasteiger partial charge on any atom is -0.0628 e. The van der Waals surface area contributed by atoms with Gasteiger partial charge >= 0.3 is 0 Å². The van der Waals surface area contributed by atoms with Crippen molar-refractivity contribution < 1.29 is 0 Å². The predicted molar refractivity (Wildman–Crippen MR) is 231 cm³/mol. The zero-order chi connectivity index (χ0) is 35.4. The van der Waals surface area contributed by atoms with Gasteiger partial charge in [0, 0.05) is 0 Å². The van der Waals surface area contributed by atoms with Crippen LogP contribution in [0.1, 0.15) is 29.5 Å². The van der Waals surface area contributed by atoms with Crippen LogP contribution in [0.5, 0.6) is 0 Å². The number of fused-ring (bicyclic) bond motifs is 2. The van der Waals surface area contributed by atoms with Crippen LogP contribution in [-0.4, -0.2) is 15.2 Å². The van der Waals surface area contributed by atoms with Crippen molar-refractivity contribution in [2.24, 2.45) is 0 Å². The van der Waals surface area contributed by atoms with E-state index in [1.165, 1.54) is 64.2 Å². The summed E-state index contributed by atoms with van der Waals surface area (Å²) in [7, 11) is -5.66. The molecule has 254 valence electrons. The van der Waals surface area contributed by atoms with Gasteiger partial charge in [0.2, 0.25) is 0 Å². The first kappa shape index (κ1) is 33.8. The molecule has 8 rings (SSSR count). The molecule has 0 nitrogen and oxygen atoms in total. The second kappa shape index (κ2) is 14.8. The van der Waals surface area contributed by atoms with Crippen LogP contribution >= 0.6 is 0 Å². The van der Waals surface area contributed by atoms with Gasteiger partial charge in [-0.25, -0.2) is 0 Å². The Morgan fingerprint density at radius 2 is 0.750 bits per heavy atom. The Morgan fingerprint density at radius 3 is 1.27 bits per heavy atom. The van der Waals surface area contributed by atoms with Crippen molar-refractivity contribution in [1.82, 2.24) is 0 Å². The minimum atomic E-state index is -2.91. The molecular weight excluding hydrogens is 657 g/mol. The van der Waals surface area contributed by atoms with E-state index in [9.17, 15) is 0 Å². The topological polar surface area (TPSA) is 0 Å². The number of hydrogen-bond acceptors (Lipinski definition) is 0. The molecular formula is C50H46Si2. The molecule has 0 saturated carbocycles. The molecule has 0 amide bonds. The van der Waals surface area contributed by atoms with E-state index < -0.39 is 15.2 Å². The van der Waals surface area contributed by atoms with Crippen molar-refractivity contribution in [2.75, 3.05) is 0 Å². The molecule has 8 aromatic carbocycles. The summed E-state index contributed by atoms with van der Waals surface area (Å²) in [5.41, 5.74) is 4.15. The molecule has 2 heteroatoms. The number of aryl methyl sites for hydroxylation is 3. The third-order valence-corrected chi connectivity index (χ3v) is 29.1. The Bertz CT molecular complexity index is 2340. The van der Waals surface area contributed by atoms with Gasteiger partial charge in [0.05, 0.1) is 0 Å². The largest absolute Gasteiger partial charge is 0.150 e. The smallest absolute Gasteiger partial charge is 0.0628 e. The third-order valence-electron chi connectivity index (χ3n) is 11.6. The van der Waals surface area contributed by atoms with E-state index in [-0.39, 0.29) is 0 Å². The van der Waals surface area contributed by atoms with Crippen LogP contribution in [0.2, 0.25) is 6.04 Å². The molecule has 0 N–H and O–H groups in total. The monoisotopic (exact) mass is 702 g/mol. The maximum Gasteiger partial charge on any atom is 0.150 e. The van der Waals surface area contributed by atoms with Crippen LogP contribution in [-0.2, 0) is 6.42 Å². The predicted octanol–water partition coefficient (Wildman–Crippen LogP) is 9.44. The SMILES string of the molecule is Cc1ccc(CCCC[Si](c2ccccc2)(c2ccccc2)[Si](c2ccccc2)(c2ccccc2)c2ccc(C)c3ccccc23)c2ccccc12. The molecule has 0 aromatic heterocycles. The van der Waals surface area contributed by atoms with Crippen molar-refractivity contribution in [3.8, 4) is 0 Å². The van der Waals surface area contributed by atoms with E-state index in [1.807, 2.05) is 0 Å². The summed E-state index contributed by atoms with van der Waals surface area (Å²) in [6.45, 7) is 4.51. The third kappa shape index (κ3) is 5.77. The summed E-state index contributed by atoms with van der Waals surface area (Å²) < 4.78 is 0. The number of rotatable bonds is 11. The number of hydrogen-bond donors (Lipinski definition) is 0. The van der Waals surface area contributed by atoms with E-state index in [1.54, 1.807) is 0 Å². The van der Waals surface area contributed by atoms with Gasteiger partial charge in [-0.05, 0) is 70.1 Å². The standard InChI is InChI=1S/C50H46Si2/c1-39-34-36-41(48-32-17-15-30-46(39)48)21-19-20-38-51(42-22-7-3-8-23-42,43-24-9-4-10-25-43)52(44-26-11-5-12-27-44,45-28-13-6-14-29-45)50-37-35-40(2)47-31-16-18-33-49(47)50/h3-18,22-37H,19-21,38H2,1-2H3. The van der Waals surface area contributed by atoms with E-state index in [4.69, 9.17) is 0 Å². The molecule has 0 fully saturated rings. The summed E-state index contributed by atoms with van der Waals surface area (Å²) in [5.74, 6) is 0. The highest BCUT2D eigenvalue weighted by atomic mass is 29.3. The second-order valence-corrected chi connectivity index (χ2v) is 25.9. The molecule has 0 spiro atoms. The van der Waals surface area contributed by atoms with Crippen LogP contribution in [0.3, 0.4) is 0 Å². The molecule has 0 bridgehead atoms. The summed E-state index contributed by atoms with van der Waals surface area (Å²) in [6, 6.07) is 75.9. The zero-order valence-electron chi connectivity index (χ0n) is 30.3. The van der Waals surface area contributed by atoms with E-state index in [2.05, 4.69) is 208 Å². The Morgan fingerprint density at radius 1 is 0.346 bits per heavy atom. The Balaban J connectivity index is 1.43. The molecule has 0 aliphatic rings. The Hall–Kier alpha value is -5.29. The molecule has 52 heavy (non-hydrogen) atoms.